The summed E-state index contributed by atoms with van der Waals surface area (Å²) in [4.78, 5) is 16.7. The fraction of sp³-hybridized carbons (Fsp3) is 0.0667. The standard InChI is InChI=1S/C15H12BrClN2O/c16-11-6-7-13(19-14(18)9-17)12(8-11)15(20)10-4-2-1-3-5-10/h1-8H,9H2,(H2,18,19). The SMILES string of the molecule is NC(CCl)=Nc1ccc(Br)cc1C(=O)c1ccccc1. The Labute approximate surface area is 130 Å². The molecule has 2 N–H and O–H groups in total. The Bertz CT molecular complexity index is 656. The average molecular weight is 352 g/mol. The van der Waals surface area contributed by atoms with E-state index in [1.54, 1.807) is 24.3 Å². The van der Waals surface area contributed by atoms with E-state index in [2.05, 4.69) is 20.9 Å². The molecule has 2 aromatic carbocycles. The Morgan fingerprint density at radius 3 is 2.55 bits per heavy atom. The van der Waals surface area contributed by atoms with Crippen LogP contribution < -0.4 is 5.73 Å². The predicted molar refractivity (Wildman–Crippen MR) is 86.0 cm³/mol. The molecule has 0 atom stereocenters. The van der Waals surface area contributed by atoms with Gasteiger partial charge in [-0.15, -0.1) is 11.6 Å². The molecule has 0 radical (unpaired) electrons. The van der Waals surface area contributed by atoms with Crippen LogP contribution in [0.3, 0.4) is 0 Å². The predicted octanol–water partition coefficient (Wildman–Crippen LogP) is 3.91. The lowest BCUT2D eigenvalue weighted by molar-refractivity contribution is 0.103. The lowest BCUT2D eigenvalue weighted by Crippen LogP contribution is -2.13. The largest absolute Gasteiger partial charge is 0.386 e. The Morgan fingerprint density at radius 1 is 1.20 bits per heavy atom. The Kier molecular flexibility index (Phi) is 4.93. The summed E-state index contributed by atoms with van der Waals surface area (Å²) >= 11 is 8.99. The van der Waals surface area contributed by atoms with Crippen LogP contribution in [-0.4, -0.2) is 17.5 Å². The maximum absolute atomic E-state index is 12.5. The number of benzene rings is 2. The number of amidine groups is 1. The minimum atomic E-state index is -0.104. The summed E-state index contributed by atoms with van der Waals surface area (Å²) in [6, 6.07) is 14.3. The van der Waals surface area contributed by atoms with Gasteiger partial charge in [0.05, 0.1) is 11.6 Å². The van der Waals surface area contributed by atoms with Crippen molar-refractivity contribution in [3.05, 3.63) is 64.1 Å². The van der Waals surface area contributed by atoms with Gasteiger partial charge in [0.1, 0.15) is 5.84 Å². The van der Waals surface area contributed by atoms with Crippen LogP contribution >= 0.6 is 27.5 Å². The summed E-state index contributed by atoms with van der Waals surface area (Å²) in [5.41, 5.74) is 7.25. The summed E-state index contributed by atoms with van der Waals surface area (Å²) in [6.45, 7) is 0. The van der Waals surface area contributed by atoms with Crippen LogP contribution in [0.1, 0.15) is 15.9 Å². The summed E-state index contributed by atoms with van der Waals surface area (Å²) in [5.74, 6) is 0.291. The van der Waals surface area contributed by atoms with Crippen LogP contribution in [0, 0.1) is 0 Å². The van der Waals surface area contributed by atoms with E-state index in [1.165, 1.54) is 0 Å². The zero-order valence-corrected chi connectivity index (χ0v) is 12.9. The summed E-state index contributed by atoms with van der Waals surface area (Å²) in [7, 11) is 0. The minimum absolute atomic E-state index is 0.104. The van der Waals surface area contributed by atoms with Gasteiger partial charge < -0.3 is 5.73 Å². The third kappa shape index (κ3) is 3.46. The smallest absolute Gasteiger partial charge is 0.195 e. The molecule has 0 aromatic heterocycles. The fourth-order valence-electron chi connectivity index (χ4n) is 1.72. The molecule has 0 aliphatic carbocycles. The molecule has 0 fully saturated rings. The van der Waals surface area contributed by atoms with Crippen molar-refractivity contribution in [2.45, 2.75) is 0 Å². The van der Waals surface area contributed by atoms with Crippen LogP contribution in [0.5, 0.6) is 0 Å². The van der Waals surface area contributed by atoms with Gasteiger partial charge in [0.15, 0.2) is 5.78 Å². The Balaban J connectivity index is 2.50. The third-order valence-corrected chi connectivity index (χ3v) is 3.41. The minimum Gasteiger partial charge on any atom is -0.386 e. The Morgan fingerprint density at radius 2 is 1.90 bits per heavy atom. The van der Waals surface area contributed by atoms with Gasteiger partial charge in [0.2, 0.25) is 0 Å². The van der Waals surface area contributed by atoms with Crippen LogP contribution in [0.15, 0.2) is 58.0 Å². The Hall–Kier alpha value is -1.65. The first-order valence-corrected chi connectivity index (χ1v) is 7.23. The van der Waals surface area contributed by atoms with Crippen LogP contribution in [-0.2, 0) is 0 Å². The van der Waals surface area contributed by atoms with E-state index in [1.807, 2.05) is 24.3 Å². The molecule has 0 aliphatic heterocycles. The second kappa shape index (κ2) is 6.68. The highest BCUT2D eigenvalue weighted by Gasteiger charge is 2.14. The number of alkyl halides is 1. The van der Waals surface area contributed by atoms with Gasteiger partial charge in [0.25, 0.3) is 0 Å². The molecule has 3 nitrogen and oxygen atoms in total. The van der Waals surface area contributed by atoms with Gasteiger partial charge in [-0.1, -0.05) is 46.3 Å². The molecule has 102 valence electrons. The fourth-order valence-corrected chi connectivity index (χ4v) is 2.14. The summed E-state index contributed by atoms with van der Waals surface area (Å²) in [6.07, 6.45) is 0. The summed E-state index contributed by atoms with van der Waals surface area (Å²) < 4.78 is 0.806. The maximum atomic E-state index is 12.5. The molecule has 0 amide bonds. The lowest BCUT2D eigenvalue weighted by atomic mass is 10.0. The molecule has 0 unspecified atom stereocenters. The van der Waals surface area contributed by atoms with E-state index in [9.17, 15) is 4.79 Å². The highest BCUT2D eigenvalue weighted by atomic mass is 79.9. The van der Waals surface area contributed by atoms with E-state index in [0.29, 0.717) is 16.8 Å². The molecule has 20 heavy (non-hydrogen) atoms. The highest BCUT2D eigenvalue weighted by Crippen LogP contribution is 2.26. The van der Waals surface area contributed by atoms with E-state index >= 15 is 0 Å². The van der Waals surface area contributed by atoms with Gasteiger partial charge in [-0.3, -0.25) is 4.79 Å². The van der Waals surface area contributed by atoms with Crippen molar-refractivity contribution in [2.75, 3.05) is 5.88 Å². The molecule has 0 saturated carbocycles. The van der Waals surface area contributed by atoms with Crippen molar-refractivity contribution in [3.8, 4) is 0 Å². The van der Waals surface area contributed by atoms with E-state index in [4.69, 9.17) is 17.3 Å². The molecular weight excluding hydrogens is 340 g/mol. The van der Waals surface area contributed by atoms with E-state index in [-0.39, 0.29) is 17.5 Å². The second-order valence-corrected chi connectivity index (χ2v) is 5.28. The lowest BCUT2D eigenvalue weighted by Gasteiger charge is -2.07. The number of rotatable bonds is 4. The van der Waals surface area contributed by atoms with Crippen molar-refractivity contribution in [3.63, 3.8) is 0 Å². The molecule has 2 aromatic rings. The van der Waals surface area contributed by atoms with E-state index < -0.39 is 0 Å². The second-order valence-electron chi connectivity index (χ2n) is 4.09. The van der Waals surface area contributed by atoms with Crippen molar-refractivity contribution >= 4 is 44.8 Å². The zero-order valence-electron chi connectivity index (χ0n) is 10.5. The molecule has 0 aliphatic rings. The first kappa shape index (κ1) is 14.8. The number of nitrogens with zero attached hydrogens (tertiary/aromatic N) is 1. The summed E-state index contributed by atoms with van der Waals surface area (Å²) in [5, 5.41) is 0. The number of hydrogen-bond acceptors (Lipinski definition) is 2. The molecule has 0 spiro atoms. The molecule has 2 rings (SSSR count). The first-order chi connectivity index (χ1) is 9.61. The molecule has 0 saturated heterocycles. The number of ketones is 1. The van der Waals surface area contributed by atoms with Crippen LogP contribution in [0.25, 0.3) is 0 Å². The van der Waals surface area contributed by atoms with Gasteiger partial charge in [-0.25, -0.2) is 4.99 Å². The van der Waals surface area contributed by atoms with Gasteiger partial charge in [0, 0.05) is 15.6 Å². The number of carbonyl (C=O) groups excluding carboxylic acids is 1. The van der Waals surface area contributed by atoms with Crippen molar-refractivity contribution in [1.82, 2.24) is 0 Å². The maximum Gasteiger partial charge on any atom is 0.195 e. The average Bonchev–Trinajstić information content (AvgIpc) is 2.49. The molecule has 0 heterocycles. The zero-order chi connectivity index (χ0) is 14.5. The monoisotopic (exact) mass is 350 g/mol. The topological polar surface area (TPSA) is 55.4 Å². The number of aliphatic imine (C=N–C) groups is 1. The van der Waals surface area contributed by atoms with Crippen LogP contribution in [0.4, 0.5) is 5.69 Å². The van der Waals surface area contributed by atoms with Crippen LogP contribution in [0.2, 0.25) is 0 Å². The first-order valence-electron chi connectivity index (χ1n) is 5.90. The van der Waals surface area contributed by atoms with Gasteiger partial charge in [-0.2, -0.15) is 0 Å². The quantitative estimate of drug-likeness (QED) is 0.393. The van der Waals surface area contributed by atoms with Crippen molar-refractivity contribution in [2.24, 2.45) is 10.7 Å². The molecular formula is C15H12BrClN2O. The van der Waals surface area contributed by atoms with Gasteiger partial charge >= 0.3 is 0 Å². The number of halogens is 2. The molecule has 5 heteroatoms. The van der Waals surface area contributed by atoms with Crippen molar-refractivity contribution in [1.29, 1.82) is 0 Å². The number of hydrogen-bond donors (Lipinski definition) is 1. The highest BCUT2D eigenvalue weighted by molar-refractivity contribution is 9.10. The third-order valence-electron chi connectivity index (χ3n) is 2.64. The normalized spacial score (nSPS) is 11.4. The van der Waals surface area contributed by atoms with Gasteiger partial charge in [-0.05, 0) is 18.2 Å². The van der Waals surface area contributed by atoms with Crippen molar-refractivity contribution < 1.29 is 4.79 Å². The number of nitrogens with two attached hydrogens (primary N) is 1. The number of carbonyl (C=O) groups is 1. The van der Waals surface area contributed by atoms with E-state index in [0.717, 1.165) is 4.47 Å². The molecule has 0 bridgehead atoms.